The van der Waals surface area contributed by atoms with Crippen molar-refractivity contribution < 1.29 is 0 Å². The molecule has 2 aliphatic rings. The Kier molecular flexibility index (Phi) is 3.72. The quantitative estimate of drug-likeness (QED) is 0.859. The topological polar surface area (TPSA) is 12.0 Å². The van der Waals surface area contributed by atoms with Crippen molar-refractivity contribution >= 4 is 11.8 Å². The SMILES string of the molecule is c1cc2c(cc1SC1CCNCC1)CCCC2. The fourth-order valence-electron chi connectivity index (χ4n) is 2.89. The standard InChI is InChI=1S/C15H21NS/c1-2-4-13-11-15(6-5-12(13)3-1)17-14-7-9-16-10-8-14/h5-6,11,14,16H,1-4,7-10H2. The summed E-state index contributed by atoms with van der Waals surface area (Å²) >= 11 is 2.10. The first-order valence-corrected chi connectivity index (χ1v) is 7.79. The lowest BCUT2D eigenvalue weighted by molar-refractivity contribution is 0.531. The summed E-state index contributed by atoms with van der Waals surface area (Å²) in [6.45, 7) is 2.39. The van der Waals surface area contributed by atoms with Gasteiger partial charge in [-0.1, -0.05) is 6.07 Å². The highest BCUT2D eigenvalue weighted by molar-refractivity contribution is 8.00. The number of thioether (sulfide) groups is 1. The highest BCUT2D eigenvalue weighted by atomic mass is 32.2. The molecule has 1 aromatic rings. The van der Waals surface area contributed by atoms with Crippen molar-refractivity contribution in [1.29, 1.82) is 0 Å². The van der Waals surface area contributed by atoms with Crippen molar-refractivity contribution in [3.63, 3.8) is 0 Å². The molecule has 0 amide bonds. The van der Waals surface area contributed by atoms with Crippen LogP contribution in [0, 0.1) is 0 Å². The van der Waals surface area contributed by atoms with Gasteiger partial charge in [-0.15, -0.1) is 11.8 Å². The van der Waals surface area contributed by atoms with Gasteiger partial charge in [0.05, 0.1) is 0 Å². The van der Waals surface area contributed by atoms with Crippen LogP contribution in [-0.4, -0.2) is 18.3 Å². The number of hydrogen-bond acceptors (Lipinski definition) is 2. The molecule has 0 spiro atoms. The normalized spacial score (nSPS) is 21.2. The first kappa shape index (κ1) is 11.6. The molecule has 1 saturated heterocycles. The summed E-state index contributed by atoms with van der Waals surface area (Å²) in [6, 6.07) is 7.18. The first-order valence-electron chi connectivity index (χ1n) is 6.91. The maximum Gasteiger partial charge on any atom is 0.0118 e. The van der Waals surface area contributed by atoms with E-state index in [2.05, 4.69) is 35.3 Å². The predicted octanol–water partition coefficient (Wildman–Crippen LogP) is 3.41. The van der Waals surface area contributed by atoms with Crippen molar-refractivity contribution in [2.24, 2.45) is 0 Å². The van der Waals surface area contributed by atoms with E-state index in [0.29, 0.717) is 0 Å². The third kappa shape index (κ3) is 2.86. The van der Waals surface area contributed by atoms with Gasteiger partial charge < -0.3 is 5.32 Å². The van der Waals surface area contributed by atoms with Gasteiger partial charge in [0.1, 0.15) is 0 Å². The van der Waals surface area contributed by atoms with Crippen LogP contribution in [0.5, 0.6) is 0 Å². The van der Waals surface area contributed by atoms with E-state index in [9.17, 15) is 0 Å². The van der Waals surface area contributed by atoms with Gasteiger partial charge in [0.15, 0.2) is 0 Å². The van der Waals surface area contributed by atoms with Gasteiger partial charge in [-0.2, -0.15) is 0 Å². The lowest BCUT2D eigenvalue weighted by atomic mass is 9.92. The van der Waals surface area contributed by atoms with E-state index in [0.717, 1.165) is 5.25 Å². The van der Waals surface area contributed by atoms with E-state index in [-0.39, 0.29) is 0 Å². The van der Waals surface area contributed by atoms with Gasteiger partial charge in [-0.25, -0.2) is 0 Å². The molecule has 3 rings (SSSR count). The Morgan fingerprint density at radius 1 is 1.00 bits per heavy atom. The predicted molar refractivity (Wildman–Crippen MR) is 74.8 cm³/mol. The molecule has 1 heterocycles. The number of rotatable bonds is 2. The second-order valence-electron chi connectivity index (χ2n) is 5.20. The van der Waals surface area contributed by atoms with Crippen molar-refractivity contribution in [2.75, 3.05) is 13.1 Å². The maximum absolute atomic E-state index is 3.44. The third-order valence-corrected chi connectivity index (χ3v) is 5.24. The summed E-state index contributed by atoms with van der Waals surface area (Å²) in [6.07, 6.45) is 8.01. The zero-order chi connectivity index (χ0) is 11.5. The second-order valence-corrected chi connectivity index (χ2v) is 6.58. The Labute approximate surface area is 108 Å². The second kappa shape index (κ2) is 5.45. The lowest BCUT2D eigenvalue weighted by Gasteiger charge is -2.23. The van der Waals surface area contributed by atoms with Gasteiger partial charge in [0.25, 0.3) is 0 Å². The molecule has 0 aromatic heterocycles. The smallest absolute Gasteiger partial charge is 0.0118 e. The molecule has 1 aliphatic carbocycles. The largest absolute Gasteiger partial charge is 0.317 e. The van der Waals surface area contributed by atoms with Crippen molar-refractivity contribution in [3.05, 3.63) is 29.3 Å². The first-order chi connectivity index (χ1) is 8.42. The summed E-state index contributed by atoms with van der Waals surface area (Å²) in [5, 5.41) is 4.27. The minimum absolute atomic E-state index is 0.831. The van der Waals surface area contributed by atoms with Crippen LogP contribution in [-0.2, 0) is 12.8 Å². The van der Waals surface area contributed by atoms with Gasteiger partial charge in [-0.05, 0) is 74.9 Å². The average Bonchev–Trinajstić information content (AvgIpc) is 2.40. The van der Waals surface area contributed by atoms with E-state index in [1.165, 1.54) is 56.5 Å². The number of benzene rings is 1. The molecule has 1 aliphatic heterocycles. The molecule has 17 heavy (non-hydrogen) atoms. The minimum atomic E-state index is 0.831. The number of aryl methyl sites for hydroxylation is 2. The third-order valence-electron chi connectivity index (χ3n) is 3.91. The summed E-state index contributed by atoms with van der Waals surface area (Å²) in [7, 11) is 0. The van der Waals surface area contributed by atoms with Crippen LogP contribution in [0.25, 0.3) is 0 Å². The van der Waals surface area contributed by atoms with E-state index in [1.54, 1.807) is 11.1 Å². The Balaban J connectivity index is 1.70. The van der Waals surface area contributed by atoms with Gasteiger partial charge in [-0.3, -0.25) is 0 Å². The molecular weight excluding hydrogens is 226 g/mol. The minimum Gasteiger partial charge on any atom is -0.317 e. The Morgan fingerprint density at radius 3 is 2.59 bits per heavy atom. The fourth-order valence-corrected chi connectivity index (χ4v) is 4.10. The summed E-state index contributed by atoms with van der Waals surface area (Å²) < 4.78 is 0. The molecule has 0 saturated carbocycles. The highest BCUT2D eigenvalue weighted by Crippen LogP contribution is 2.32. The molecule has 0 unspecified atom stereocenters. The zero-order valence-electron chi connectivity index (χ0n) is 10.4. The molecule has 0 radical (unpaired) electrons. The molecule has 1 nitrogen and oxygen atoms in total. The summed E-state index contributed by atoms with van der Waals surface area (Å²) in [5.41, 5.74) is 3.22. The molecule has 1 fully saturated rings. The molecule has 92 valence electrons. The number of fused-ring (bicyclic) bond motifs is 1. The number of nitrogens with one attached hydrogen (secondary N) is 1. The molecule has 1 N–H and O–H groups in total. The number of hydrogen-bond donors (Lipinski definition) is 1. The van der Waals surface area contributed by atoms with Crippen molar-refractivity contribution in [3.8, 4) is 0 Å². The number of piperidine rings is 1. The molecule has 2 heteroatoms. The Morgan fingerprint density at radius 2 is 1.76 bits per heavy atom. The van der Waals surface area contributed by atoms with Crippen molar-refractivity contribution in [2.45, 2.75) is 48.7 Å². The van der Waals surface area contributed by atoms with Gasteiger partial charge in [0.2, 0.25) is 0 Å². The Bertz CT molecular complexity index is 383. The van der Waals surface area contributed by atoms with Crippen LogP contribution in [0.3, 0.4) is 0 Å². The molecule has 1 aromatic carbocycles. The fraction of sp³-hybridized carbons (Fsp3) is 0.600. The van der Waals surface area contributed by atoms with E-state index in [4.69, 9.17) is 0 Å². The van der Waals surface area contributed by atoms with Gasteiger partial charge in [0, 0.05) is 10.1 Å². The van der Waals surface area contributed by atoms with Crippen LogP contribution in [0.2, 0.25) is 0 Å². The van der Waals surface area contributed by atoms with Crippen LogP contribution in [0.1, 0.15) is 36.8 Å². The summed E-state index contributed by atoms with van der Waals surface area (Å²) in [5.74, 6) is 0. The molecular formula is C15H21NS. The molecule has 0 bridgehead atoms. The van der Waals surface area contributed by atoms with E-state index < -0.39 is 0 Å². The average molecular weight is 247 g/mol. The van der Waals surface area contributed by atoms with Crippen molar-refractivity contribution in [1.82, 2.24) is 5.32 Å². The van der Waals surface area contributed by atoms with Gasteiger partial charge >= 0.3 is 0 Å². The maximum atomic E-state index is 3.44. The monoisotopic (exact) mass is 247 g/mol. The van der Waals surface area contributed by atoms with Crippen LogP contribution in [0.4, 0.5) is 0 Å². The van der Waals surface area contributed by atoms with E-state index in [1.807, 2.05) is 0 Å². The zero-order valence-corrected chi connectivity index (χ0v) is 11.2. The molecule has 0 atom stereocenters. The Hall–Kier alpha value is -0.470. The highest BCUT2D eigenvalue weighted by Gasteiger charge is 2.15. The summed E-state index contributed by atoms with van der Waals surface area (Å²) in [4.78, 5) is 1.50. The van der Waals surface area contributed by atoms with E-state index >= 15 is 0 Å². The van der Waals surface area contributed by atoms with Crippen LogP contribution >= 0.6 is 11.8 Å². The lowest BCUT2D eigenvalue weighted by Crippen LogP contribution is -2.29. The van der Waals surface area contributed by atoms with Crippen LogP contribution < -0.4 is 5.32 Å². The van der Waals surface area contributed by atoms with Crippen LogP contribution in [0.15, 0.2) is 23.1 Å².